The normalized spacial score (nSPS) is 13.6. The molecule has 96 valence electrons. The molecule has 1 atom stereocenters. The number of hydrogen-bond donors (Lipinski definition) is 2. The molecular formula is C8H9F3N2O4. The molecule has 0 amide bonds. The molecule has 17 heavy (non-hydrogen) atoms. The molecule has 1 aromatic rings. The molecule has 9 heteroatoms. The highest BCUT2D eigenvalue weighted by atomic mass is 19.4. The number of rotatable bonds is 5. The first-order valence-corrected chi connectivity index (χ1v) is 4.49. The van der Waals surface area contributed by atoms with E-state index < -0.39 is 29.6 Å². The summed E-state index contributed by atoms with van der Waals surface area (Å²) in [7, 11) is 0. The third kappa shape index (κ3) is 4.04. The summed E-state index contributed by atoms with van der Waals surface area (Å²) in [5.41, 5.74) is 0. The van der Waals surface area contributed by atoms with E-state index in [9.17, 15) is 23.3 Å². The average molecular weight is 254 g/mol. The van der Waals surface area contributed by atoms with Crippen LogP contribution in [0.25, 0.3) is 0 Å². The Morgan fingerprint density at radius 1 is 1.53 bits per heavy atom. The molecule has 0 fully saturated rings. The molecular weight excluding hydrogens is 245 g/mol. The number of halogens is 3. The third-order valence-electron chi connectivity index (χ3n) is 1.84. The lowest BCUT2D eigenvalue weighted by atomic mass is 10.3. The maximum atomic E-state index is 11.9. The Kier molecular flexibility index (Phi) is 4.07. The van der Waals surface area contributed by atoms with Gasteiger partial charge in [0, 0.05) is 6.54 Å². The molecule has 1 unspecified atom stereocenters. The first-order valence-electron chi connectivity index (χ1n) is 4.49. The van der Waals surface area contributed by atoms with Gasteiger partial charge in [-0.3, -0.25) is 10.1 Å². The zero-order valence-electron chi connectivity index (χ0n) is 8.40. The van der Waals surface area contributed by atoms with Crippen molar-refractivity contribution in [2.45, 2.75) is 18.8 Å². The first-order chi connectivity index (χ1) is 7.80. The summed E-state index contributed by atoms with van der Waals surface area (Å²) in [6, 6.07) is 2.36. The molecule has 1 rings (SSSR count). The Labute approximate surface area is 93.2 Å². The summed E-state index contributed by atoms with van der Waals surface area (Å²) in [6.07, 6.45) is -7.17. The fourth-order valence-electron chi connectivity index (χ4n) is 1.01. The van der Waals surface area contributed by atoms with Crippen molar-refractivity contribution >= 4 is 5.88 Å². The highest BCUT2D eigenvalue weighted by Crippen LogP contribution is 2.19. The van der Waals surface area contributed by atoms with Crippen molar-refractivity contribution in [3.8, 4) is 0 Å². The Morgan fingerprint density at radius 3 is 2.65 bits per heavy atom. The van der Waals surface area contributed by atoms with Crippen LogP contribution in [-0.4, -0.2) is 28.9 Å². The molecule has 0 saturated heterocycles. The molecule has 6 nitrogen and oxygen atoms in total. The smallest absolute Gasteiger partial charge is 0.404 e. The van der Waals surface area contributed by atoms with Gasteiger partial charge in [0.2, 0.25) is 0 Å². The maximum Gasteiger partial charge on any atom is 0.433 e. The maximum absolute atomic E-state index is 11.9. The fourth-order valence-corrected chi connectivity index (χ4v) is 1.01. The zero-order chi connectivity index (χ0) is 13.1. The van der Waals surface area contributed by atoms with E-state index in [1.54, 1.807) is 0 Å². The van der Waals surface area contributed by atoms with Crippen LogP contribution in [0, 0.1) is 10.1 Å². The van der Waals surface area contributed by atoms with Gasteiger partial charge in [0.15, 0.2) is 6.10 Å². The van der Waals surface area contributed by atoms with Gasteiger partial charge in [-0.05, 0) is 6.07 Å². The highest BCUT2D eigenvalue weighted by molar-refractivity contribution is 5.17. The van der Waals surface area contributed by atoms with Gasteiger partial charge < -0.3 is 14.8 Å². The minimum absolute atomic E-state index is 0.117. The van der Waals surface area contributed by atoms with Crippen LogP contribution in [0.3, 0.4) is 0 Å². The largest absolute Gasteiger partial charge is 0.433 e. The molecule has 0 aliphatic rings. The quantitative estimate of drug-likeness (QED) is 0.608. The lowest BCUT2D eigenvalue weighted by Crippen LogP contribution is -2.38. The molecule has 0 bridgehead atoms. The fraction of sp³-hybridized carbons (Fsp3) is 0.500. The number of furan rings is 1. The molecule has 0 spiro atoms. The van der Waals surface area contributed by atoms with Gasteiger partial charge in [0.05, 0.1) is 12.6 Å². The topological polar surface area (TPSA) is 88.5 Å². The predicted octanol–water partition coefficient (Wildman–Crippen LogP) is 1.20. The summed E-state index contributed by atoms with van der Waals surface area (Å²) in [5, 5.41) is 21.1. The van der Waals surface area contributed by atoms with Crippen LogP contribution in [0.15, 0.2) is 16.5 Å². The number of hydrogen-bond acceptors (Lipinski definition) is 5. The molecule has 0 saturated carbocycles. The third-order valence-corrected chi connectivity index (χ3v) is 1.84. The van der Waals surface area contributed by atoms with Gasteiger partial charge in [-0.1, -0.05) is 0 Å². The Bertz CT molecular complexity index is 390. The Morgan fingerprint density at radius 2 is 2.18 bits per heavy atom. The number of nitrogens with one attached hydrogen (secondary N) is 1. The van der Waals surface area contributed by atoms with Crippen molar-refractivity contribution in [3.63, 3.8) is 0 Å². The van der Waals surface area contributed by atoms with E-state index in [1.807, 2.05) is 0 Å². The van der Waals surface area contributed by atoms with E-state index in [1.165, 1.54) is 6.07 Å². The SMILES string of the molecule is O=[N+]([O-])c1ccc(CNCC(O)C(F)(F)F)o1. The monoisotopic (exact) mass is 254 g/mol. The molecule has 0 aliphatic heterocycles. The molecule has 1 aromatic heterocycles. The first kappa shape index (κ1) is 13.5. The predicted molar refractivity (Wildman–Crippen MR) is 49.1 cm³/mol. The lowest BCUT2D eigenvalue weighted by Gasteiger charge is -2.14. The van der Waals surface area contributed by atoms with E-state index in [0.29, 0.717) is 0 Å². The van der Waals surface area contributed by atoms with Crippen molar-refractivity contribution in [1.29, 1.82) is 0 Å². The van der Waals surface area contributed by atoms with Crippen molar-refractivity contribution in [2.24, 2.45) is 0 Å². The van der Waals surface area contributed by atoms with E-state index in [4.69, 9.17) is 5.11 Å². The minimum atomic E-state index is -4.69. The van der Waals surface area contributed by atoms with Crippen LogP contribution < -0.4 is 5.32 Å². The summed E-state index contributed by atoms with van der Waals surface area (Å²) < 4.78 is 40.3. The Balaban J connectivity index is 2.38. The lowest BCUT2D eigenvalue weighted by molar-refractivity contribution is -0.402. The van der Waals surface area contributed by atoms with Crippen LogP contribution in [-0.2, 0) is 6.54 Å². The second-order valence-corrected chi connectivity index (χ2v) is 3.19. The molecule has 0 radical (unpaired) electrons. The van der Waals surface area contributed by atoms with Gasteiger partial charge in [-0.15, -0.1) is 0 Å². The summed E-state index contributed by atoms with van der Waals surface area (Å²) in [5.74, 6) is -0.371. The van der Waals surface area contributed by atoms with Gasteiger partial charge in [-0.25, -0.2) is 0 Å². The van der Waals surface area contributed by atoms with Crippen molar-refractivity contribution < 1.29 is 27.6 Å². The van der Waals surface area contributed by atoms with Crippen molar-refractivity contribution in [1.82, 2.24) is 5.32 Å². The van der Waals surface area contributed by atoms with Crippen LogP contribution >= 0.6 is 0 Å². The zero-order valence-corrected chi connectivity index (χ0v) is 8.40. The summed E-state index contributed by atoms with van der Waals surface area (Å²) >= 11 is 0. The number of aliphatic hydroxyl groups is 1. The van der Waals surface area contributed by atoms with Crippen LogP contribution in [0.2, 0.25) is 0 Å². The number of aliphatic hydroxyl groups excluding tert-OH is 1. The van der Waals surface area contributed by atoms with Crippen LogP contribution in [0.1, 0.15) is 5.76 Å². The molecule has 1 heterocycles. The van der Waals surface area contributed by atoms with Crippen LogP contribution in [0.4, 0.5) is 19.1 Å². The number of nitro groups is 1. The molecule has 2 N–H and O–H groups in total. The molecule has 0 aliphatic carbocycles. The number of alkyl halides is 3. The van der Waals surface area contributed by atoms with Gasteiger partial charge in [-0.2, -0.15) is 13.2 Å². The second kappa shape index (κ2) is 5.15. The summed E-state index contributed by atoms with van der Waals surface area (Å²) in [6.45, 7) is -0.848. The second-order valence-electron chi connectivity index (χ2n) is 3.19. The average Bonchev–Trinajstić information content (AvgIpc) is 2.64. The highest BCUT2D eigenvalue weighted by Gasteiger charge is 2.37. The van der Waals surface area contributed by atoms with Gasteiger partial charge >= 0.3 is 12.1 Å². The van der Waals surface area contributed by atoms with Gasteiger partial charge in [0.1, 0.15) is 10.7 Å². The van der Waals surface area contributed by atoms with E-state index in [-0.39, 0.29) is 12.3 Å². The van der Waals surface area contributed by atoms with E-state index in [0.717, 1.165) is 6.07 Å². The minimum Gasteiger partial charge on any atom is -0.404 e. The van der Waals surface area contributed by atoms with Crippen molar-refractivity contribution in [2.75, 3.05) is 6.54 Å². The van der Waals surface area contributed by atoms with E-state index >= 15 is 0 Å². The van der Waals surface area contributed by atoms with E-state index in [2.05, 4.69) is 9.73 Å². The van der Waals surface area contributed by atoms with Crippen molar-refractivity contribution in [3.05, 3.63) is 28.0 Å². The van der Waals surface area contributed by atoms with Crippen LogP contribution in [0.5, 0.6) is 0 Å². The molecule has 0 aromatic carbocycles. The van der Waals surface area contributed by atoms with Gasteiger partial charge in [0.25, 0.3) is 0 Å². The Hall–Kier alpha value is -1.61. The number of nitrogens with zero attached hydrogens (tertiary/aromatic N) is 1. The standard InChI is InChI=1S/C8H9F3N2O4/c9-8(10,11)6(14)4-12-3-5-1-2-7(17-5)13(15)16/h1-2,6,12,14H,3-4H2. The summed E-state index contributed by atoms with van der Waals surface area (Å²) in [4.78, 5) is 9.47.